The van der Waals surface area contributed by atoms with Crippen LogP contribution < -0.4 is 15.6 Å². The van der Waals surface area contributed by atoms with Crippen LogP contribution in [0.2, 0.25) is 0 Å². The van der Waals surface area contributed by atoms with Crippen molar-refractivity contribution in [3.05, 3.63) is 95.6 Å². The molecule has 33 heavy (non-hydrogen) atoms. The Morgan fingerprint density at radius 2 is 1.61 bits per heavy atom. The van der Waals surface area contributed by atoms with Crippen molar-refractivity contribution in [3.8, 4) is 0 Å². The molecular weight excluding hydrogens is 458 g/mol. The lowest BCUT2D eigenvalue weighted by Crippen LogP contribution is -2.44. The smallest absolute Gasteiger partial charge is 0.269 e. The summed E-state index contributed by atoms with van der Waals surface area (Å²) in [4.78, 5) is 25.7. The van der Waals surface area contributed by atoms with Gasteiger partial charge < -0.3 is 0 Å². The van der Waals surface area contributed by atoms with Gasteiger partial charge in [-0.3, -0.25) is 20.4 Å². The summed E-state index contributed by atoms with van der Waals surface area (Å²) in [5.41, 5.74) is 6.79. The monoisotopic (exact) mass is 483 g/mol. The van der Waals surface area contributed by atoms with Crippen molar-refractivity contribution in [1.82, 2.24) is 15.6 Å². The average molecular weight is 484 g/mol. The van der Waals surface area contributed by atoms with E-state index in [-0.39, 0.29) is 22.9 Å². The predicted octanol–water partition coefficient (Wildman–Crippen LogP) is 3.42. The standard InChI is InChI=1S/C24H25N3O4S2/c1-17-11-13-21(14-12-17)32-18(2)23(28)26-27-24(29)20-9-6-10-22(15-20)33(30,31)25-16-19-7-4-3-5-8-19/h3-15,18,25H,16H2,1-2H3,(H,26,28)(H,27,29)/t18-/m0/s1. The summed E-state index contributed by atoms with van der Waals surface area (Å²) in [5, 5.41) is -0.443. The number of rotatable bonds is 8. The molecule has 0 radical (unpaired) electrons. The number of thioether (sulfide) groups is 1. The van der Waals surface area contributed by atoms with E-state index in [0.29, 0.717) is 0 Å². The van der Waals surface area contributed by atoms with Crippen molar-refractivity contribution in [3.63, 3.8) is 0 Å². The highest BCUT2D eigenvalue weighted by molar-refractivity contribution is 8.00. The maximum atomic E-state index is 12.6. The van der Waals surface area contributed by atoms with Gasteiger partial charge >= 0.3 is 0 Å². The number of hydrogen-bond donors (Lipinski definition) is 3. The molecule has 0 fully saturated rings. The highest BCUT2D eigenvalue weighted by atomic mass is 32.2. The molecule has 3 aromatic carbocycles. The van der Waals surface area contributed by atoms with Gasteiger partial charge in [-0.1, -0.05) is 54.1 Å². The van der Waals surface area contributed by atoms with Crippen molar-refractivity contribution < 1.29 is 18.0 Å². The second-order valence-corrected chi connectivity index (χ2v) is 10.5. The van der Waals surface area contributed by atoms with Crippen LogP contribution in [0.5, 0.6) is 0 Å². The van der Waals surface area contributed by atoms with E-state index in [2.05, 4.69) is 15.6 Å². The molecular formula is C24H25N3O4S2. The van der Waals surface area contributed by atoms with Crippen molar-refractivity contribution in [2.45, 2.75) is 35.4 Å². The second kappa shape index (κ2) is 11.1. The van der Waals surface area contributed by atoms with Crippen LogP contribution in [-0.2, 0) is 21.4 Å². The molecule has 2 amide bonds. The van der Waals surface area contributed by atoms with Gasteiger partial charge in [0.2, 0.25) is 10.0 Å². The Hall–Kier alpha value is -3.14. The molecule has 7 nitrogen and oxygen atoms in total. The molecule has 0 saturated carbocycles. The molecule has 0 heterocycles. The SMILES string of the molecule is Cc1ccc(S[C@@H](C)C(=O)NNC(=O)c2cccc(S(=O)(=O)NCc3ccccc3)c2)cc1. The van der Waals surface area contributed by atoms with Crippen LogP contribution in [0.4, 0.5) is 0 Å². The summed E-state index contributed by atoms with van der Waals surface area (Å²) < 4.78 is 27.7. The van der Waals surface area contributed by atoms with Crippen molar-refractivity contribution in [2.24, 2.45) is 0 Å². The lowest BCUT2D eigenvalue weighted by molar-refractivity contribution is -0.121. The van der Waals surface area contributed by atoms with Gasteiger partial charge in [0.1, 0.15) is 0 Å². The van der Waals surface area contributed by atoms with Crippen LogP contribution >= 0.6 is 11.8 Å². The summed E-state index contributed by atoms with van der Waals surface area (Å²) >= 11 is 1.37. The Morgan fingerprint density at radius 1 is 0.909 bits per heavy atom. The maximum absolute atomic E-state index is 12.6. The van der Waals surface area contributed by atoms with Crippen LogP contribution in [0, 0.1) is 6.92 Å². The van der Waals surface area contributed by atoms with Crippen molar-refractivity contribution in [1.29, 1.82) is 0 Å². The van der Waals surface area contributed by atoms with Crippen LogP contribution in [0.25, 0.3) is 0 Å². The van der Waals surface area contributed by atoms with Gasteiger partial charge in [0.15, 0.2) is 0 Å². The zero-order valence-corrected chi connectivity index (χ0v) is 19.9. The molecule has 0 unspecified atom stereocenters. The molecule has 0 bridgehead atoms. The first-order chi connectivity index (χ1) is 15.7. The number of aryl methyl sites for hydroxylation is 1. The lowest BCUT2D eigenvalue weighted by Gasteiger charge is -2.13. The Labute approximate surface area is 198 Å². The molecule has 0 spiro atoms. The number of hydrogen-bond acceptors (Lipinski definition) is 5. The highest BCUT2D eigenvalue weighted by Gasteiger charge is 2.18. The van der Waals surface area contributed by atoms with E-state index in [1.165, 1.54) is 36.0 Å². The van der Waals surface area contributed by atoms with E-state index in [1.807, 2.05) is 61.5 Å². The van der Waals surface area contributed by atoms with Crippen molar-refractivity contribution in [2.75, 3.05) is 0 Å². The van der Waals surface area contributed by atoms with E-state index in [4.69, 9.17) is 0 Å². The van der Waals surface area contributed by atoms with Gasteiger partial charge in [-0.25, -0.2) is 13.1 Å². The van der Waals surface area contributed by atoms with E-state index in [0.717, 1.165) is 16.0 Å². The Balaban J connectivity index is 1.57. The zero-order valence-electron chi connectivity index (χ0n) is 18.2. The summed E-state index contributed by atoms with van der Waals surface area (Å²) in [6, 6.07) is 22.5. The average Bonchev–Trinajstić information content (AvgIpc) is 2.83. The molecule has 3 rings (SSSR count). The molecule has 1 atom stereocenters. The third-order valence-electron chi connectivity index (χ3n) is 4.72. The van der Waals surface area contributed by atoms with Gasteiger partial charge in [-0.05, 0) is 49.7 Å². The summed E-state index contributed by atoms with van der Waals surface area (Å²) in [5.74, 6) is -0.988. The fraction of sp³-hybridized carbons (Fsp3) is 0.167. The first-order valence-electron chi connectivity index (χ1n) is 10.2. The summed E-state index contributed by atoms with van der Waals surface area (Å²) in [7, 11) is -3.82. The van der Waals surface area contributed by atoms with E-state index in [1.54, 1.807) is 6.92 Å². The molecule has 0 aromatic heterocycles. The molecule has 172 valence electrons. The Kier molecular flexibility index (Phi) is 8.26. The van der Waals surface area contributed by atoms with E-state index >= 15 is 0 Å². The third kappa shape index (κ3) is 7.18. The number of carbonyl (C=O) groups is 2. The van der Waals surface area contributed by atoms with Gasteiger partial charge in [0.25, 0.3) is 11.8 Å². The number of nitrogens with one attached hydrogen (secondary N) is 3. The maximum Gasteiger partial charge on any atom is 0.269 e. The number of amides is 2. The van der Waals surface area contributed by atoms with Gasteiger partial charge in [0, 0.05) is 17.0 Å². The third-order valence-corrected chi connectivity index (χ3v) is 7.23. The minimum Gasteiger partial charge on any atom is -0.272 e. The second-order valence-electron chi connectivity index (χ2n) is 7.35. The number of sulfonamides is 1. The van der Waals surface area contributed by atoms with Gasteiger partial charge in [-0.15, -0.1) is 11.8 Å². The molecule has 3 N–H and O–H groups in total. The predicted molar refractivity (Wildman–Crippen MR) is 129 cm³/mol. The Morgan fingerprint density at radius 3 is 2.30 bits per heavy atom. The fourth-order valence-electron chi connectivity index (χ4n) is 2.83. The fourth-order valence-corrected chi connectivity index (χ4v) is 4.76. The van der Waals surface area contributed by atoms with Crippen LogP contribution in [0.15, 0.2) is 88.7 Å². The minimum absolute atomic E-state index is 0.0410. The normalized spacial score (nSPS) is 12.1. The quantitative estimate of drug-likeness (QED) is 0.336. The number of hydrazine groups is 1. The first-order valence-corrected chi connectivity index (χ1v) is 12.6. The summed E-state index contributed by atoms with van der Waals surface area (Å²) in [6.07, 6.45) is 0. The van der Waals surface area contributed by atoms with Gasteiger partial charge in [-0.2, -0.15) is 0 Å². The Bertz CT molecular complexity index is 1210. The number of benzene rings is 3. The first kappa shape index (κ1) is 24.5. The van der Waals surface area contributed by atoms with Crippen molar-refractivity contribution >= 4 is 33.6 Å². The molecule has 0 aliphatic heterocycles. The topological polar surface area (TPSA) is 104 Å². The molecule has 9 heteroatoms. The molecule has 0 aliphatic rings. The minimum atomic E-state index is -3.82. The zero-order chi connectivity index (χ0) is 23.8. The van der Waals surface area contributed by atoms with E-state index in [9.17, 15) is 18.0 Å². The molecule has 0 aliphatic carbocycles. The largest absolute Gasteiger partial charge is 0.272 e. The lowest BCUT2D eigenvalue weighted by atomic mass is 10.2. The molecule has 3 aromatic rings. The van der Waals surface area contributed by atoms with E-state index < -0.39 is 21.2 Å². The summed E-state index contributed by atoms with van der Waals surface area (Å²) in [6.45, 7) is 3.85. The molecule has 0 saturated heterocycles. The van der Waals surface area contributed by atoms with Gasteiger partial charge in [0.05, 0.1) is 10.1 Å². The highest BCUT2D eigenvalue weighted by Crippen LogP contribution is 2.23. The van der Waals surface area contributed by atoms with Crippen LogP contribution in [-0.4, -0.2) is 25.5 Å². The number of carbonyl (C=O) groups excluding carboxylic acids is 2. The van der Waals surface area contributed by atoms with Crippen LogP contribution in [0.3, 0.4) is 0 Å². The van der Waals surface area contributed by atoms with Crippen LogP contribution in [0.1, 0.15) is 28.4 Å².